The van der Waals surface area contributed by atoms with E-state index in [-0.39, 0.29) is 23.0 Å². The van der Waals surface area contributed by atoms with Gasteiger partial charge in [0.1, 0.15) is 0 Å². The quantitative estimate of drug-likeness (QED) is 0.684. The van der Waals surface area contributed by atoms with Crippen LogP contribution in [0, 0.1) is 0 Å². The van der Waals surface area contributed by atoms with E-state index in [9.17, 15) is 13.2 Å². The molecule has 1 aliphatic heterocycles. The number of benzene rings is 2. The molecule has 2 N–H and O–H groups in total. The van der Waals surface area contributed by atoms with Crippen molar-refractivity contribution in [1.29, 1.82) is 0 Å². The summed E-state index contributed by atoms with van der Waals surface area (Å²) in [6.45, 7) is 7.63. The smallest absolute Gasteiger partial charge is 0.241 e. The third-order valence-corrected chi connectivity index (χ3v) is 6.87. The average Bonchev–Trinajstić information content (AvgIpc) is 3.22. The van der Waals surface area contributed by atoms with Crippen molar-refractivity contribution in [2.24, 2.45) is 0 Å². The second kappa shape index (κ2) is 9.38. The van der Waals surface area contributed by atoms with E-state index < -0.39 is 15.9 Å². The summed E-state index contributed by atoms with van der Waals surface area (Å²) in [5.41, 5.74) is 2.66. The molecule has 0 saturated carbocycles. The van der Waals surface area contributed by atoms with E-state index in [1.165, 1.54) is 0 Å². The maximum absolute atomic E-state index is 12.5. The van der Waals surface area contributed by atoms with Gasteiger partial charge in [0.2, 0.25) is 15.9 Å². The summed E-state index contributed by atoms with van der Waals surface area (Å²) in [5.74, 6) is -0.428. The normalized spacial score (nSPS) is 17.0. The van der Waals surface area contributed by atoms with Crippen molar-refractivity contribution in [3.05, 3.63) is 54.1 Å². The van der Waals surface area contributed by atoms with Gasteiger partial charge >= 0.3 is 0 Å². The minimum Gasteiger partial charge on any atom is -0.380 e. The number of sulfonamides is 1. The molecule has 1 aliphatic rings. The predicted molar refractivity (Wildman–Crippen MR) is 123 cm³/mol. The number of hydrogen-bond acceptors (Lipinski definition) is 5. The van der Waals surface area contributed by atoms with Gasteiger partial charge in [-0.15, -0.1) is 0 Å². The Kier molecular flexibility index (Phi) is 7.03. The zero-order chi connectivity index (χ0) is 22.6. The molecule has 0 bridgehead atoms. The monoisotopic (exact) mass is 445 g/mol. The SMILES string of the molecule is CO[C@@H]1CCN(c2ccc(NC(=O)CNS(=O)(=O)c3ccc(C(C)(C)C)cc3)cc2)C1. The molecule has 1 heterocycles. The van der Waals surface area contributed by atoms with Crippen molar-refractivity contribution in [3.8, 4) is 0 Å². The van der Waals surface area contributed by atoms with Gasteiger partial charge in [0.25, 0.3) is 0 Å². The highest BCUT2D eigenvalue weighted by Gasteiger charge is 2.22. The zero-order valence-electron chi connectivity index (χ0n) is 18.5. The predicted octanol–water partition coefficient (Wildman–Crippen LogP) is 3.13. The molecule has 2 aromatic rings. The highest BCUT2D eigenvalue weighted by Crippen LogP contribution is 2.24. The van der Waals surface area contributed by atoms with Crippen molar-refractivity contribution in [3.63, 3.8) is 0 Å². The highest BCUT2D eigenvalue weighted by atomic mass is 32.2. The molecule has 1 amide bonds. The van der Waals surface area contributed by atoms with Gasteiger partial charge in [-0.2, -0.15) is 0 Å². The first-order valence-electron chi connectivity index (χ1n) is 10.4. The molecular weight excluding hydrogens is 414 g/mol. The lowest BCUT2D eigenvalue weighted by Gasteiger charge is -2.19. The third-order valence-electron chi connectivity index (χ3n) is 5.45. The molecule has 0 aromatic heterocycles. The van der Waals surface area contributed by atoms with Gasteiger partial charge in [0.05, 0.1) is 17.5 Å². The Hall–Kier alpha value is -2.42. The number of nitrogens with zero attached hydrogens (tertiary/aromatic N) is 1. The zero-order valence-corrected chi connectivity index (χ0v) is 19.3. The van der Waals surface area contributed by atoms with Gasteiger partial charge < -0.3 is 15.0 Å². The Bertz CT molecular complexity index is 997. The van der Waals surface area contributed by atoms with Crippen LogP contribution >= 0.6 is 0 Å². The van der Waals surface area contributed by atoms with Crippen LogP contribution in [0.1, 0.15) is 32.8 Å². The van der Waals surface area contributed by atoms with Gasteiger partial charge in [-0.3, -0.25) is 4.79 Å². The largest absolute Gasteiger partial charge is 0.380 e. The number of carbonyl (C=O) groups excluding carboxylic acids is 1. The molecule has 0 radical (unpaired) electrons. The molecule has 0 unspecified atom stereocenters. The van der Waals surface area contributed by atoms with E-state index in [4.69, 9.17) is 4.74 Å². The van der Waals surface area contributed by atoms with Crippen molar-refractivity contribution < 1.29 is 17.9 Å². The van der Waals surface area contributed by atoms with E-state index in [1.54, 1.807) is 31.4 Å². The van der Waals surface area contributed by atoms with Gasteiger partial charge in [-0.1, -0.05) is 32.9 Å². The van der Waals surface area contributed by atoms with Crippen LogP contribution in [-0.4, -0.2) is 47.2 Å². The van der Waals surface area contributed by atoms with E-state index in [2.05, 4.69) is 35.7 Å². The van der Waals surface area contributed by atoms with Gasteiger partial charge in [-0.25, -0.2) is 13.1 Å². The Morgan fingerprint density at radius 1 is 1.10 bits per heavy atom. The fraction of sp³-hybridized carbons (Fsp3) is 0.435. The van der Waals surface area contributed by atoms with Crippen LogP contribution in [0.15, 0.2) is 53.4 Å². The van der Waals surface area contributed by atoms with Crippen molar-refractivity contribution >= 4 is 27.3 Å². The van der Waals surface area contributed by atoms with E-state index in [1.807, 2.05) is 24.3 Å². The highest BCUT2D eigenvalue weighted by molar-refractivity contribution is 7.89. The molecule has 7 nitrogen and oxygen atoms in total. The number of hydrogen-bond donors (Lipinski definition) is 2. The summed E-state index contributed by atoms with van der Waals surface area (Å²) >= 11 is 0. The third kappa shape index (κ3) is 6.06. The lowest BCUT2D eigenvalue weighted by atomic mass is 9.87. The Labute approximate surface area is 184 Å². The van der Waals surface area contributed by atoms with Crippen LogP contribution in [0.5, 0.6) is 0 Å². The number of anilines is 2. The van der Waals surface area contributed by atoms with E-state index in [0.29, 0.717) is 5.69 Å². The molecule has 1 atom stereocenters. The topological polar surface area (TPSA) is 87.7 Å². The first-order chi connectivity index (χ1) is 14.6. The van der Waals surface area contributed by atoms with Crippen LogP contribution in [0.25, 0.3) is 0 Å². The molecule has 1 saturated heterocycles. The summed E-state index contributed by atoms with van der Waals surface area (Å²) < 4.78 is 32.7. The first-order valence-corrected chi connectivity index (χ1v) is 11.8. The molecule has 0 spiro atoms. The first kappa shape index (κ1) is 23.2. The Morgan fingerprint density at radius 2 is 1.74 bits per heavy atom. The maximum atomic E-state index is 12.5. The fourth-order valence-corrected chi connectivity index (χ4v) is 4.48. The second-order valence-corrected chi connectivity index (χ2v) is 10.6. The van der Waals surface area contributed by atoms with Gasteiger partial charge in [0, 0.05) is 31.6 Å². The lowest BCUT2D eigenvalue weighted by Crippen LogP contribution is -2.33. The number of rotatable bonds is 7. The van der Waals surface area contributed by atoms with E-state index >= 15 is 0 Å². The van der Waals surface area contributed by atoms with Crippen LogP contribution in [-0.2, 0) is 25.0 Å². The molecule has 31 heavy (non-hydrogen) atoms. The fourth-order valence-electron chi connectivity index (χ4n) is 3.49. The van der Waals surface area contributed by atoms with Crippen molar-refractivity contribution in [2.75, 3.05) is 37.0 Å². The minimum absolute atomic E-state index is 0.0641. The molecule has 2 aromatic carbocycles. The molecule has 3 rings (SSSR count). The number of nitrogens with one attached hydrogen (secondary N) is 2. The second-order valence-electron chi connectivity index (χ2n) is 8.79. The Balaban J connectivity index is 1.53. The average molecular weight is 446 g/mol. The van der Waals surface area contributed by atoms with Gasteiger partial charge in [-0.05, 0) is 53.8 Å². The summed E-state index contributed by atoms with van der Waals surface area (Å²) in [4.78, 5) is 14.6. The minimum atomic E-state index is -3.76. The van der Waals surface area contributed by atoms with Crippen LogP contribution < -0.4 is 14.9 Å². The summed E-state index contributed by atoms with van der Waals surface area (Å²) in [6.07, 6.45) is 1.24. The molecular formula is C23H31N3O4S. The molecule has 8 heteroatoms. The van der Waals surface area contributed by atoms with Crippen LogP contribution in [0.4, 0.5) is 11.4 Å². The molecule has 0 aliphatic carbocycles. The number of carbonyl (C=O) groups is 1. The number of methoxy groups -OCH3 is 1. The van der Waals surface area contributed by atoms with Crippen LogP contribution in [0.3, 0.4) is 0 Å². The summed E-state index contributed by atoms with van der Waals surface area (Å²) in [7, 11) is -2.04. The molecule has 168 valence electrons. The van der Waals surface area contributed by atoms with Crippen LogP contribution in [0.2, 0.25) is 0 Å². The maximum Gasteiger partial charge on any atom is 0.241 e. The number of amides is 1. The standard InChI is InChI=1S/C23H31N3O4S/c1-23(2,3)17-5-11-21(12-6-17)31(28,29)24-15-22(27)25-18-7-9-19(10-8-18)26-14-13-20(16-26)30-4/h5-12,20,24H,13-16H2,1-4H3,(H,25,27)/t20-/m1/s1. The Morgan fingerprint density at radius 3 is 2.29 bits per heavy atom. The summed E-state index contributed by atoms with van der Waals surface area (Å²) in [5, 5.41) is 2.72. The molecule has 1 fully saturated rings. The van der Waals surface area contributed by atoms with Crippen molar-refractivity contribution in [2.45, 2.75) is 43.6 Å². The van der Waals surface area contributed by atoms with Crippen molar-refractivity contribution in [1.82, 2.24) is 4.72 Å². The summed E-state index contributed by atoms with van der Waals surface area (Å²) in [6, 6.07) is 14.2. The lowest BCUT2D eigenvalue weighted by molar-refractivity contribution is -0.115. The van der Waals surface area contributed by atoms with E-state index in [0.717, 1.165) is 30.8 Å². The number of ether oxygens (including phenoxy) is 1. The van der Waals surface area contributed by atoms with Gasteiger partial charge in [0.15, 0.2) is 0 Å².